The molecule has 2 amide bonds. The van der Waals surface area contributed by atoms with E-state index in [-0.39, 0.29) is 35.9 Å². The molecule has 1 saturated carbocycles. The molecular formula is C14H15N3O4. The SMILES string of the molecule is CCNc1c(CN2C(=O)C3CC3C2=O)cccc1[N+](=O)[O-]. The van der Waals surface area contributed by atoms with Crippen LogP contribution < -0.4 is 5.32 Å². The second kappa shape index (κ2) is 4.83. The van der Waals surface area contributed by atoms with Gasteiger partial charge in [-0.25, -0.2) is 0 Å². The van der Waals surface area contributed by atoms with Crippen molar-refractivity contribution in [2.75, 3.05) is 11.9 Å². The monoisotopic (exact) mass is 289 g/mol. The number of imide groups is 1. The molecule has 2 unspecified atom stereocenters. The summed E-state index contributed by atoms with van der Waals surface area (Å²) in [5.41, 5.74) is 0.929. The Morgan fingerprint density at radius 1 is 1.33 bits per heavy atom. The van der Waals surface area contributed by atoms with E-state index in [4.69, 9.17) is 0 Å². The molecular weight excluding hydrogens is 274 g/mol. The highest BCUT2D eigenvalue weighted by atomic mass is 16.6. The lowest BCUT2D eigenvalue weighted by molar-refractivity contribution is -0.384. The molecule has 21 heavy (non-hydrogen) atoms. The number of nitrogens with zero attached hydrogens (tertiary/aromatic N) is 2. The van der Waals surface area contributed by atoms with Gasteiger partial charge in [0, 0.05) is 18.2 Å². The number of rotatable bonds is 5. The van der Waals surface area contributed by atoms with Gasteiger partial charge in [0.1, 0.15) is 5.69 Å². The van der Waals surface area contributed by atoms with Crippen LogP contribution >= 0.6 is 0 Å². The fourth-order valence-corrected chi connectivity index (χ4v) is 2.83. The summed E-state index contributed by atoms with van der Waals surface area (Å²) in [6.45, 7) is 2.45. The summed E-state index contributed by atoms with van der Waals surface area (Å²) >= 11 is 0. The van der Waals surface area contributed by atoms with Crippen molar-refractivity contribution >= 4 is 23.2 Å². The Bertz CT molecular complexity index is 623. The van der Waals surface area contributed by atoms with Crippen LogP contribution in [0.3, 0.4) is 0 Å². The first-order valence-electron chi connectivity index (χ1n) is 6.90. The fourth-order valence-electron chi connectivity index (χ4n) is 2.83. The van der Waals surface area contributed by atoms with Crippen molar-refractivity contribution in [1.82, 2.24) is 4.90 Å². The van der Waals surface area contributed by atoms with Crippen LogP contribution in [0.25, 0.3) is 0 Å². The molecule has 7 nitrogen and oxygen atoms in total. The minimum Gasteiger partial charge on any atom is -0.379 e. The lowest BCUT2D eigenvalue weighted by Crippen LogP contribution is -2.32. The van der Waals surface area contributed by atoms with Crippen LogP contribution in [0, 0.1) is 22.0 Å². The molecule has 3 rings (SSSR count). The zero-order valence-electron chi connectivity index (χ0n) is 11.5. The molecule has 0 radical (unpaired) electrons. The van der Waals surface area contributed by atoms with Crippen LogP contribution in [0.4, 0.5) is 11.4 Å². The molecule has 110 valence electrons. The topological polar surface area (TPSA) is 92.6 Å². The highest BCUT2D eigenvalue weighted by molar-refractivity contribution is 6.08. The van der Waals surface area contributed by atoms with Crippen molar-refractivity contribution in [1.29, 1.82) is 0 Å². The van der Waals surface area contributed by atoms with E-state index in [0.717, 1.165) is 0 Å². The second-order valence-electron chi connectivity index (χ2n) is 5.31. The standard InChI is InChI=1S/C14H15N3O4/c1-2-15-12-8(4-3-5-11(12)17(20)21)7-16-13(18)9-6-10(9)14(16)19/h3-5,9-10,15H,2,6-7H2,1H3. The summed E-state index contributed by atoms with van der Waals surface area (Å²) in [5.74, 6) is -0.615. The van der Waals surface area contributed by atoms with Gasteiger partial charge in [0.05, 0.1) is 23.3 Å². The number of piperidine rings is 1. The van der Waals surface area contributed by atoms with E-state index in [0.29, 0.717) is 24.2 Å². The number of nitrogens with one attached hydrogen (secondary N) is 1. The smallest absolute Gasteiger partial charge is 0.292 e. The van der Waals surface area contributed by atoms with Crippen molar-refractivity contribution in [3.05, 3.63) is 33.9 Å². The van der Waals surface area contributed by atoms with Gasteiger partial charge in [-0.1, -0.05) is 12.1 Å². The number of para-hydroxylation sites is 1. The van der Waals surface area contributed by atoms with Gasteiger partial charge in [0.2, 0.25) is 11.8 Å². The average Bonchev–Trinajstić information content (AvgIpc) is 3.20. The van der Waals surface area contributed by atoms with E-state index in [1.54, 1.807) is 12.1 Å². The van der Waals surface area contributed by atoms with Crippen molar-refractivity contribution in [2.24, 2.45) is 11.8 Å². The van der Waals surface area contributed by atoms with Crippen molar-refractivity contribution in [3.8, 4) is 0 Å². The lowest BCUT2D eigenvalue weighted by atomic mass is 10.1. The average molecular weight is 289 g/mol. The summed E-state index contributed by atoms with van der Waals surface area (Å²) in [6, 6.07) is 4.68. The normalized spacial score (nSPS) is 23.2. The molecule has 1 heterocycles. The number of carbonyl (C=O) groups excluding carboxylic acids is 2. The van der Waals surface area contributed by atoms with E-state index in [2.05, 4.69) is 5.32 Å². The lowest BCUT2D eigenvalue weighted by Gasteiger charge is -2.19. The zero-order valence-corrected chi connectivity index (χ0v) is 11.5. The molecule has 0 bridgehead atoms. The molecule has 1 saturated heterocycles. The number of carbonyl (C=O) groups is 2. The minimum absolute atomic E-state index is 0.0430. The molecule has 0 spiro atoms. The third-order valence-electron chi connectivity index (χ3n) is 3.96. The summed E-state index contributed by atoms with van der Waals surface area (Å²) in [7, 11) is 0. The third kappa shape index (κ3) is 2.14. The summed E-state index contributed by atoms with van der Waals surface area (Å²) < 4.78 is 0. The Hall–Kier alpha value is -2.44. The quantitative estimate of drug-likeness (QED) is 0.504. The number of anilines is 1. The summed E-state index contributed by atoms with van der Waals surface area (Å²) in [5, 5.41) is 14.1. The number of hydrogen-bond acceptors (Lipinski definition) is 5. The van der Waals surface area contributed by atoms with E-state index in [1.165, 1.54) is 11.0 Å². The number of nitro groups is 1. The molecule has 1 aliphatic carbocycles. The fraction of sp³-hybridized carbons (Fsp3) is 0.429. The Morgan fingerprint density at radius 3 is 2.57 bits per heavy atom. The number of hydrogen-bond donors (Lipinski definition) is 1. The predicted octanol–water partition coefficient (Wildman–Crippen LogP) is 1.53. The Morgan fingerprint density at radius 2 is 2.00 bits per heavy atom. The van der Waals surface area contributed by atoms with Gasteiger partial charge in [-0.2, -0.15) is 0 Å². The number of nitro benzene ring substituents is 1. The second-order valence-corrected chi connectivity index (χ2v) is 5.31. The Kier molecular flexibility index (Phi) is 3.12. The minimum atomic E-state index is -0.466. The number of likely N-dealkylation sites (tertiary alicyclic amines) is 1. The summed E-state index contributed by atoms with van der Waals surface area (Å²) in [4.78, 5) is 35.8. The zero-order chi connectivity index (χ0) is 15.1. The molecule has 1 aromatic carbocycles. The maximum atomic E-state index is 12.0. The van der Waals surface area contributed by atoms with Crippen LogP contribution in [0.2, 0.25) is 0 Å². The van der Waals surface area contributed by atoms with Crippen LogP contribution in [0.5, 0.6) is 0 Å². The predicted molar refractivity (Wildman–Crippen MR) is 74.4 cm³/mol. The van der Waals surface area contributed by atoms with Crippen molar-refractivity contribution in [3.63, 3.8) is 0 Å². The first kappa shape index (κ1) is 13.5. The largest absolute Gasteiger partial charge is 0.379 e. The number of fused-ring (bicyclic) bond motifs is 1. The van der Waals surface area contributed by atoms with Crippen LogP contribution in [-0.2, 0) is 16.1 Å². The van der Waals surface area contributed by atoms with Gasteiger partial charge in [-0.15, -0.1) is 0 Å². The van der Waals surface area contributed by atoms with Crippen LogP contribution in [0.1, 0.15) is 18.9 Å². The van der Waals surface area contributed by atoms with E-state index in [9.17, 15) is 19.7 Å². The summed E-state index contributed by atoms with van der Waals surface area (Å²) in [6.07, 6.45) is 0.656. The van der Waals surface area contributed by atoms with Crippen LogP contribution in [0.15, 0.2) is 18.2 Å². The van der Waals surface area contributed by atoms with E-state index in [1.807, 2.05) is 6.92 Å². The van der Waals surface area contributed by atoms with Gasteiger partial charge in [-0.3, -0.25) is 24.6 Å². The molecule has 0 aromatic heterocycles. The highest BCUT2D eigenvalue weighted by Gasteiger charge is 2.58. The van der Waals surface area contributed by atoms with Gasteiger partial charge in [-0.05, 0) is 13.3 Å². The Balaban J connectivity index is 1.91. The molecule has 2 aliphatic rings. The van der Waals surface area contributed by atoms with Crippen molar-refractivity contribution < 1.29 is 14.5 Å². The molecule has 2 fully saturated rings. The molecule has 1 aromatic rings. The maximum Gasteiger partial charge on any atom is 0.292 e. The van der Waals surface area contributed by atoms with Crippen molar-refractivity contribution in [2.45, 2.75) is 19.9 Å². The molecule has 1 aliphatic heterocycles. The number of benzene rings is 1. The Labute approximate surface area is 121 Å². The first-order valence-corrected chi connectivity index (χ1v) is 6.90. The number of amides is 2. The maximum absolute atomic E-state index is 12.0. The van der Waals surface area contributed by atoms with Gasteiger partial charge < -0.3 is 5.32 Å². The first-order chi connectivity index (χ1) is 10.0. The van der Waals surface area contributed by atoms with Gasteiger partial charge in [0.15, 0.2) is 0 Å². The van der Waals surface area contributed by atoms with Crippen LogP contribution in [-0.4, -0.2) is 28.2 Å². The highest BCUT2D eigenvalue weighted by Crippen LogP contribution is 2.47. The third-order valence-corrected chi connectivity index (χ3v) is 3.96. The van der Waals surface area contributed by atoms with Gasteiger partial charge in [0.25, 0.3) is 5.69 Å². The molecule has 1 N–H and O–H groups in total. The molecule has 2 atom stereocenters. The van der Waals surface area contributed by atoms with Gasteiger partial charge >= 0.3 is 0 Å². The van der Waals surface area contributed by atoms with E-state index >= 15 is 0 Å². The molecule has 7 heteroatoms. The van der Waals surface area contributed by atoms with E-state index < -0.39 is 4.92 Å².